The molecule has 6 aromatic carbocycles. The minimum absolute atomic E-state index is 0.511. The van der Waals surface area contributed by atoms with Crippen LogP contribution in [0.2, 0.25) is 0 Å². The predicted octanol–water partition coefficient (Wildman–Crippen LogP) is 12.3. The van der Waals surface area contributed by atoms with E-state index in [1.165, 1.54) is 0 Å². The van der Waals surface area contributed by atoms with E-state index < -0.39 is 16.5 Å². The molecular formula is C37H24O7P2. The molecule has 8 aromatic rings. The molecule has 1 aliphatic rings. The van der Waals surface area contributed by atoms with Gasteiger partial charge in [0.1, 0.15) is 22.3 Å². The Kier molecular flexibility index (Phi) is 6.52. The number of ether oxygens (including phenoxy) is 1. The number of para-hydroxylation sites is 6. The molecule has 0 fully saturated rings. The van der Waals surface area contributed by atoms with Gasteiger partial charge in [0.05, 0.1) is 0 Å². The highest BCUT2D eigenvalue weighted by Gasteiger charge is 2.26. The number of hydrogen-bond donors (Lipinski definition) is 0. The summed E-state index contributed by atoms with van der Waals surface area (Å²) in [6.45, 7) is 0. The first-order valence-corrected chi connectivity index (χ1v) is 16.9. The highest BCUT2D eigenvalue weighted by molar-refractivity contribution is 7.32. The number of benzene rings is 6. The van der Waals surface area contributed by atoms with Gasteiger partial charge in [-0.3, -0.25) is 0 Å². The first kappa shape index (κ1) is 26.9. The van der Waals surface area contributed by atoms with Gasteiger partial charge < -0.3 is 30.6 Å². The molecule has 0 unspecified atom stereocenters. The van der Waals surface area contributed by atoms with E-state index in [1.807, 2.05) is 133 Å². The Balaban J connectivity index is 1.12. The zero-order valence-corrected chi connectivity index (χ0v) is 25.9. The van der Waals surface area contributed by atoms with Gasteiger partial charge in [-0.2, -0.15) is 0 Å². The number of rotatable bonds is 4. The fourth-order valence-electron chi connectivity index (χ4n) is 5.75. The molecular weight excluding hydrogens is 618 g/mol. The second-order valence-electron chi connectivity index (χ2n) is 10.7. The molecule has 0 aliphatic carbocycles. The van der Waals surface area contributed by atoms with Crippen LogP contribution in [0.4, 0.5) is 0 Å². The molecule has 224 valence electrons. The van der Waals surface area contributed by atoms with E-state index in [0.29, 0.717) is 51.8 Å². The van der Waals surface area contributed by atoms with Gasteiger partial charge in [0.2, 0.25) is 0 Å². The largest absolute Gasteiger partial charge is 0.453 e. The van der Waals surface area contributed by atoms with Crippen molar-refractivity contribution in [3.05, 3.63) is 145 Å². The first-order chi connectivity index (χ1) is 22.8. The third kappa shape index (κ3) is 4.78. The van der Waals surface area contributed by atoms with Gasteiger partial charge in [-0.1, -0.05) is 97.1 Å². The maximum Gasteiger partial charge on any atom is 0.453 e. The maximum absolute atomic E-state index is 6.61. The molecule has 9 rings (SSSR count). The smallest absolute Gasteiger partial charge is 0.449 e. The SMILES string of the molecule is c1cc2c(c(Op3oc4ccccc4c4ccccc4o3)c1)Oc1c(cccc1Op1oc3ccccc3c3ccccc3o1)C2. The molecule has 0 bridgehead atoms. The molecule has 0 atom stereocenters. The lowest BCUT2D eigenvalue weighted by Crippen LogP contribution is -2.05. The van der Waals surface area contributed by atoms with Crippen molar-refractivity contribution in [2.45, 2.75) is 6.42 Å². The standard InChI is InChI=1S/C37H24O7P2/c1-5-17-30-26(13-1)27-14-2-6-18-31(27)40-45(39-30)43-34-21-9-11-24-23-25-12-10-22-35(37(25)38-36(24)34)44-46-41-32-19-7-3-15-28(32)29-16-4-8-20-33(29)42-46/h1-22H,23H2. The fourth-order valence-corrected chi connectivity index (χ4v) is 7.86. The lowest BCUT2D eigenvalue weighted by Gasteiger charge is -2.23. The summed E-state index contributed by atoms with van der Waals surface area (Å²) in [6, 6.07) is 43.1. The third-order valence-electron chi connectivity index (χ3n) is 7.87. The number of fused-ring (bicyclic) bond motifs is 8. The lowest BCUT2D eigenvalue weighted by molar-refractivity contribution is 0.403. The molecule has 0 N–H and O–H groups in total. The summed E-state index contributed by atoms with van der Waals surface area (Å²) in [5.74, 6) is 2.18. The molecule has 46 heavy (non-hydrogen) atoms. The van der Waals surface area contributed by atoms with E-state index in [1.54, 1.807) is 0 Å². The molecule has 7 nitrogen and oxygen atoms in total. The van der Waals surface area contributed by atoms with Gasteiger partial charge in [0.15, 0.2) is 23.0 Å². The Morgan fingerprint density at radius 1 is 0.391 bits per heavy atom. The van der Waals surface area contributed by atoms with Crippen LogP contribution in [0.3, 0.4) is 0 Å². The molecule has 2 aromatic heterocycles. The van der Waals surface area contributed by atoms with Crippen molar-refractivity contribution in [3.63, 3.8) is 0 Å². The van der Waals surface area contributed by atoms with Gasteiger partial charge in [-0.05, 0) is 36.4 Å². The summed E-state index contributed by atoms with van der Waals surface area (Å²) in [6.07, 6.45) is 0.621. The summed E-state index contributed by atoms with van der Waals surface area (Å²) < 4.78 is 44.8. The Hall–Kier alpha value is -5.48. The van der Waals surface area contributed by atoms with Crippen LogP contribution in [-0.4, -0.2) is 0 Å². The summed E-state index contributed by atoms with van der Waals surface area (Å²) >= 11 is 0. The Bertz CT molecular complexity index is 2230. The van der Waals surface area contributed by atoms with Gasteiger partial charge in [0.25, 0.3) is 0 Å². The molecule has 0 radical (unpaired) electrons. The molecule has 1 aliphatic heterocycles. The topological polar surface area (TPSA) is 80.3 Å². The van der Waals surface area contributed by atoms with E-state index in [0.717, 1.165) is 32.7 Å². The van der Waals surface area contributed by atoms with Crippen LogP contribution in [0.25, 0.3) is 43.9 Å². The Morgan fingerprint density at radius 2 is 0.739 bits per heavy atom. The Labute approximate surface area is 264 Å². The lowest BCUT2D eigenvalue weighted by atomic mass is 10.00. The highest BCUT2D eigenvalue weighted by Crippen LogP contribution is 2.50. The second-order valence-corrected chi connectivity index (χ2v) is 12.7. The van der Waals surface area contributed by atoms with Crippen LogP contribution in [0, 0.1) is 0 Å². The van der Waals surface area contributed by atoms with Crippen LogP contribution in [-0.2, 0) is 6.42 Å². The van der Waals surface area contributed by atoms with Crippen molar-refractivity contribution in [2.75, 3.05) is 0 Å². The van der Waals surface area contributed by atoms with E-state index >= 15 is 0 Å². The van der Waals surface area contributed by atoms with E-state index in [-0.39, 0.29) is 0 Å². The predicted molar refractivity (Wildman–Crippen MR) is 180 cm³/mol. The van der Waals surface area contributed by atoms with Crippen LogP contribution in [0.5, 0.6) is 23.0 Å². The summed E-state index contributed by atoms with van der Waals surface area (Å²) in [5, 5.41) is 3.79. The molecule has 0 saturated carbocycles. The second kappa shape index (κ2) is 11.1. The average molecular weight is 643 g/mol. The number of hydrogen-bond acceptors (Lipinski definition) is 7. The molecule has 0 saturated heterocycles. The summed E-state index contributed by atoms with van der Waals surface area (Å²) in [4.78, 5) is 0. The van der Waals surface area contributed by atoms with E-state index in [9.17, 15) is 0 Å². The molecule has 0 amide bonds. The third-order valence-corrected chi connectivity index (χ3v) is 9.95. The van der Waals surface area contributed by atoms with E-state index in [4.69, 9.17) is 30.6 Å². The van der Waals surface area contributed by atoms with Crippen molar-refractivity contribution in [3.8, 4) is 23.0 Å². The summed E-state index contributed by atoms with van der Waals surface area (Å²) in [7, 11) is -3.70. The van der Waals surface area contributed by atoms with Crippen LogP contribution < -0.4 is 13.8 Å². The minimum Gasteiger partial charge on any atom is -0.449 e. The van der Waals surface area contributed by atoms with E-state index in [2.05, 4.69) is 0 Å². The van der Waals surface area contributed by atoms with Crippen LogP contribution in [0.15, 0.2) is 150 Å². The van der Waals surface area contributed by atoms with Crippen molar-refractivity contribution in [1.29, 1.82) is 0 Å². The van der Waals surface area contributed by atoms with Crippen LogP contribution in [0.1, 0.15) is 11.1 Å². The van der Waals surface area contributed by atoms with Crippen molar-refractivity contribution >= 4 is 60.4 Å². The van der Waals surface area contributed by atoms with Crippen molar-refractivity contribution in [1.82, 2.24) is 0 Å². The van der Waals surface area contributed by atoms with Gasteiger partial charge in [0, 0.05) is 39.1 Å². The molecule has 9 heteroatoms. The van der Waals surface area contributed by atoms with Gasteiger partial charge >= 0.3 is 16.5 Å². The first-order valence-electron chi connectivity index (χ1n) is 14.7. The monoisotopic (exact) mass is 642 g/mol. The highest BCUT2D eigenvalue weighted by atomic mass is 31.1. The van der Waals surface area contributed by atoms with Gasteiger partial charge in [-0.25, -0.2) is 0 Å². The zero-order chi connectivity index (χ0) is 30.5. The Morgan fingerprint density at radius 3 is 1.11 bits per heavy atom. The normalized spacial score (nSPS) is 12.0. The zero-order valence-electron chi connectivity index (χ0n) is 24.2. The van der Waals surface area contributed by atoms with Crippen molar-refractivity contribution in [2.24, 2.45) is 0 Å². The quantitative estimate of drug-likeness (QED) is 0.189. The van der Waals surface area contributed by atoms with Crippen molar-refractivity contribution < 1.29 is 30.6 Å². The van der Waals surface area contributed by atoms with Crippen LogP contribution >= 0.6 is 16.5 Å². The average Bonchev–Trinajstić information content (AvgIpc) is 3.35. The summed E-state index contributed by atoms with van der Waals surface area (Å²) in [5.41, 5.74) is 4.73. The van der Waals surface area contributed by atoms with Gasteiger partial charge in [-0.15, -0.1) is 0 Å². The fraction of sp³-hybridized carbons (Fsp3) is 0.0270. The molecule has 3 heterocycles. The maximum atomic E-state index is 6.61. The molecule has 0 spiro atoms. The minimum atomic E-state index is -1.85.